The van der Waals surface area contributed by atoms with Crippen LogP contribution in [0.4, 0.5) is 21.0 Å². The summed E-state index contributed by atoms with van der Waals surface area (Å²) in [6.07, 6.45) is 1.46. The molecule has 2 aromatic carbocycles. The molecule has 0 radical (unpaired) electrons. The molecule has 4 rings (SSSR count). The van der Waals surface area contributed by atoms with Gasteiger partial charge in [-0.2, -0.15) is 0 Å². The smallest absolute Gasteiger partial charge is 0.410 e. The number of piperazine rings is 1. The van der Waals surface area contributed by atoms with Crippen molar-refractivity contribution in [1.29, 1.82) is 0 Å². The quantitative estimate of drug-likeness (QED) is 0.658. The van der Waals surface area contributed by atoms with E-state index < -0.39 is 5.60 Å². The topological polar surface area (TPSA) is 87.9 Å². The van der Waals surface area contributed by atoms with Crippen LogP contribution in [0.15, 0.2) is 42.5 Å². The first-order valence-corrected chi connectivity index (χ1v) is 11.1. The predicted octanol–water partition coefficient (Wildman–Crippen LogP) is 4.86. The van der Waals surface area contributed by atoms with E-state index in [-0.39, 0.29) is 24.2 Å². The Morgan fingerprint density at radius 1 is 1.00 bits per heavy atom. The molecule has 0 aromatic heterocycles. The molecular formula is C25H32N4O3. The van der Waals surface area contributed by atoms with Gasteiger partial charge in [-0.15, -0.1) is 0 Å². The second-order valence-electron chi connectivity index (χ2n) is 9.78. The van der Waals surface area contributed by atoms with Crippen LogP contribution in [0.25, 0.3) is 11.1 Å². The number of anilines is 2. The third-order valence-electron chi connectivity index (χ3n) is 6.05. The lowest BCUT2D eigenvalue weighted by Gasteiger charge is -2.41. The predicted molar refractivity (Wildman–Crippen MR) is 127 cm³/mol. The highest BCUT2D eigenvalue weighted by atomic mass is 16.6. The summed E-state index contributed by atoms with van der Waals surface area (Å²) in [7, 11) is 0. The molecule has 3 amide bonds. The molecule has 0 aliphatic carbocycles. The second-order valence-corrected chi connectivity index (χ2v) is 9.78. The van der Waals surface area contributed by atoms with Crippen LogP contribution in [0.1, 0.15) is 39.2 Å². The van der Waals surface area contributed by atoms with Crippen molar-refractivity contribution < 1.29 is 14.3 Å². The number of hydrogen-bond acceptors (Lipinski definition) is 4. The van der Waals surface area contributed by atoms with Crippen LogP contribution in [0.3, 0.4) is 0 Å². The van der Waals surface area contributed by atoms with Gasteiger partial charge in [0.25, 0.3) is 0 Å². The Hall–Kier alpha value is -3.22. The number of rotatable bonds is 2. The van der Waals surface area contributed by atoms with Gasteiger partial charge < -0.3 is 20.7 Å². The molecule has 2 bridgehead atoms. The van der Waals surface area contributed by atoms with E-state index in [1.54, 1.807) is 4.90 Å². The van der Waals surface area contributed by atoms with Crippen molar-refractivity contribution in [2.24, 2.45) is 0 Å². The highest BCUT2D eigenvalue weighted by molar-refractivity contribution is 5.94. The molecule has 2 aromatic rings. The van der Waals surface area contributed by atoms with E-state index in [1.807, 2.05) is 50.8 Å². The number of ether oxygens (including phenoxy) is 1. The van der Waals surface area contributed by atoms with Gasteiger partial charge in [0.1, 0.15) is 5.60 Å². The minimum atomic E-state index is -0.537. The number of carbonyl (C=O) groups is 2. The maximum absolute atomic E-state index is 13.1. The van der Waals surface area contributed by atoms with Gasteiger partial charge in [-0.05, 0) is 63.8 Å². The molecular weight excluding hydrogens is 404 g/mol. The van der Waals surface area contributed by atoms with Gasteiger partial charge in [0.15, 0.2) is 0 Å². The first kappa shape index (κ1) is 22.0. The highest BCUT2D eigenvalue weighted by Gasteiger charge is 2.45. The molecule has 2 fully saturated rings. The summed E-state index contributed by atoms with van der Waals surface area (Å²) in [4.78, 5) is 29.3. The molecule has 3 N–H and O–H groups in total. The van der Waals surface area contributed by atoms with Gasteiger partial charge in [0, 0.05) is 13.1 Å². The molecule has 2 aliphatic rings. The van der Waals surface area contributed by atoms with Gasteiger partial charge in [-0.3, -0.25) is 4.90 Å². The molecule has 2 unspecified atom stereocenters. The number of nitrogens with zero attached hydrogens (tertiary/aromatic N) is 2. The van der Waals surface area contributed by atoms with Crippen LogP contribution in [0.5, 0.6) is 0 Å². The third kappa shape index (κ3) is 4.66. The normalized spacial score (nSPS) is 20.2. The molecule has 7 heteroatoms. The SMILES string of the molecule is Cc1ccc(-c2ccc(N)c(NC(=O)N3CC4CCC(C3)N4C(=O)OC(C)(C)C)c2)cc1. The summed E-state index contributed by atoms with van der Waals surface area (Å²) >= 11 is 0. The van der Waals surface area contributed by atoms with Gasteiger partial charge in [-0.25, -0.2) is 9.59 Å². The van der Waals surface area contributed by atoms with E-state index in [1.165, 1.54) is 5.56 Å². The zero-order valence-corrected chi connectivity index (χ0v) is 19.2. The Kier molecular flexibility index (Phi) is 5.75. The van der Waals surface area contributed by atoms with E-state index in [0.29, 0.717) is 24.5 Å². The minimum absolute atomic E-state index is 0.0226. The minimum Gasteiger partial charge on any atom is -0.444 e. The van der Waals surface area contributed by atoms with E-state index in [2.05, 4.69) is 29.6 Å². The van der Waals surface area contributed by atoms with Crippen LogP contribution in [-0.4, -0.2) is 52.7 Å². The molecule has 2 heterocycles. The van der Waals surface area contributed by atoms with E-state index in [9.17, 15) is 9.59 Å². The molecule has 0 spiro atoms. The second kappa shape index (κ2) is 8.37. The van der Waals surface area contributed by atoms with Crippen molar-refractivity contribution in [1.82, 2.24) is 9.80 Å². The summed E-state index contributed by atoms with van der Waals surface area (Å²) < 4.78 is 5.58. The molecule has 2 atom stereocenters. The van der Waals surface area contributed by atoms with E-state index in [4.69, 9.17) is 10.5 Å². The van der Waals surface area contributed by atoms with Gasteiger partial charge in [0.05, 0.1) is 23.5 Å². The number of urea groups is 1. The van der Waals surface area contributed by atoms with Crippen molar-refractivity contribution in [3.8, 4) is 11.1 Å². The van der Waals surface area contributed by atoms with Crippen LogP contribution < -0.4 is 11.1 Å². The lowest BCUT2D eigenvalue weighted by Crippen LogP contribution is -2.58. The maximum Gasteiger partial charge on any atom is 0.410 e. The number of benzene rings is 2. The Labute approximate surface area is 189 Å². The third-order valence-corrected chi connectivity index (χ3v) is 6.05. The molecule has 2 saturated heterocycles. The average Bonchev–Trinajstić information content (AvgIpc) is 2.99. The Bertz CT molecular complexity index is 999. The zero-order valence-electron chi connectivity index (χ0n) is 19.2. The molecule has 7 nitrogen and oxygen atoms in total. The van der Waals surface area contributed by atoms with Crippen molar-refractivity contribution >= 4 is 23.5 Å². The van der Waals surface area contributed by atoms with Crippen LogP contribution >= 0.6 is 0 Å². The summed E-state index contributed by atoms with van der Waals surface area (Å²) in [5.41, 5.74) is 9.98. The Morgan fingerprint density at radius 2 is 1.59 bits per heavy atom. The van der Waals surface area contributed by atoms with Crippen molar-refractivity contribution in [2.45, 2.75) is 58.2 Å². The van der Waals surface area contributed by atoms with Crippen LogP contribution in [0.2, 0.25) is 0 Å². The van der Waals surface area contributed by atoms with Crippen LogP contribution in [0, 0.1) is 6.92 Å². The first-order valence-electron chi connectivity index (χ1n) is 11.1. The Balaban J connectivity index is 1.45. The molecule has 32 heavy (non-hydrogen) atoms. The lowest BCUT2D eigenvalue weighted by molar-refractivity contribution is 0.000745. The summed E-state index contributed by atoms with van der Waals surface area (Å²) in [6.45, 7) is 8.62. The Morgan fingerprint density at radius 3 is 2.19 bits per heavy atom. The number of nitrogen functional groups attached to an aromatic ring is 1. The largest absolute Gasteiger partial charge is 0.444 e. The van der Waals surface area contributed by atoms with E-state index in [0.717, 1.165) is 24.0 Å². The standard InChI is InChI=1S/C25H32N4O3/c1-16-5-7-17(8-6-16)18-9-12-21(26)22(13-18)27-23(30)28-14-19-10-11-20(15-28)29(19)24(31)32-25(2,3)4/h5-9,12-13,19-20H,10-11,14-15,26H2,1-4H3,(H,27,30). The van der Waals surface area contributed by atoms with Crippen molar-refractivity contribution in [3.63, 3.8) is 0 Å². The zero-order chi connectivity index (χ0) is 23.0. The average molecular weight is 437 g/mol. The molecule has 170 valence electrons. The van der Waals surface area contributed by atoms with Crippen LogP contribution in [-0.2, 0) is 4.74 Å². The number of likely N-dealkylation sites (tertiary alicyclic amines) is 1. The molecule has 0 saturated carbocycles. The van der Waals surface area contributed by atoms with Crippen molar-refractivity contribution in [3.05, 3.63) is 48.0 Å². The summed E-state index contributed by atoms with van der Waals surface area (Å²) in [5.74, 6) is 0. The van der Waals surface area contributed by atoms with Gasteiger partial charge >= 0.3 is 12.1 Å². The maximum atomic E-state index is 13.1. The van der Waals surface area contributed by atoms with Gasteiger partial charge in [-0.1, -0.05) is 35.9 Å². The van der Waals surface area contributed by atoms with Gasteiger partial charge in [0.2, 0.25) is 0 Å². The number of fused-ring (bicyclic) bond motifs is 2. The van der Waals surface area contributed by atoms with E-state index >= 15 is 0 Å². The monoisotopic (exact) mass is 436 g/mol. The lowest BCUT2D eigenvalue weighted by atomic mass is 10.0. The first-order chi connectivity index (χ1) is 15.1. The number of nitrogens with one attached hydrogen (secondary N) is 1. The fourth-order valence-corrected chi connectivity index (χ4v) is 4.47. The number of aryl methyl sites for hydroxylation is 1. The summed E-state index contributed by atoms with van der Waals surface area (Å²) in [6, 6.07) is 13.7. The van der Waals surface area contributed by atoms with Crippen molar-refractivity contribution in [2.75, 3.05) is 24.1 Å². The number of amides is 3. The highest BCUT2D eigenvalue weighted by Crippen LogP contribution is 2.33. The number of hydrogen-bond donors (Lipinski definition) is 2. The molecule has 2 aliphatic heterocycles. The fraction of sp³-hybridized carbons (Fsp3) is 0.440. The fourth-order valence-electron chi connectivity index (χ4n) is 4.47. The summed E-state index contributed by atoms with van der Waals surface area (Å²) in [5, 5.41) is 2.98. The number of nitrogens with two attached hydrogens (primary N) is 1. The number of carbonyl (C=O) groups excluding carboxylic acids is 2.